The van der Waals surface area contributed by atoms with E-state index in [0.29, 0.717) is 18.5 Å². The molecule has 0 radical (unpaired) electrons. The molecular weight excluding hydrogens is 334 g/mol. The number of likely N-dealkylation sites (tertiary alicyclic amines) is 1. The van der Waals surface area contributed by atoms with Crippen molar-refractivity contribution in [1.82, 2.24) is 4.90 Å². The van der Waals surface area contributed by atoms with Gasteiger partial charge in [0.25, 0.3) is 0 Å². The molecule has 2 aromatic carbocycles. The fraction of sp³-hybridized carbons (Fsp3) is 0.435. The maximum atomic E-state index is 11.9. The fourth-order valence-corrected chi connectivity index (χ4v) is 3.79. The van der Waals surface area contributed by atoms with E-state index in [-0.39, 0.29) is 5.91 Å². The molecule has 0 bridgehead atoms. The van der Waals surface area contributed by atoms with Crippen LogP contribution in [0.15, 0.2) is 48.5 Å². The highest BCUT2D eigenvalue weighted by Crippen LogP contribution is 2.29. The summed E-state index contributed by atoms with van der Waals surface area (Å²) in [5, 5.41) is 6.73. The Balaban J connectivity index is 1.62. The summed E-state index contributed by atoms with van der Waals surface area (Å²) >= 11 is 0. The minimum absolute atomic E-state index is 0.0847. The highest BCUT2D eigenvalue weighted by atomic mass is 16.1. The van der Waals surface area contributed by atoms with Crippen molar-refractivity contribution in [2.24, 2.45) is 0 Å². The van der Waals surface area contributed by atoms with Crippen LogP contribution in [0.5, 0.6) is 0 Å². The Bertz CT molecular complexity index is 759. The molecule has 1 aliphatic heterocycles. The summed E-state index contributed by atoms with van der Waals surface area (Å²) in [6, 6.07) is 17.7. The van der Waals surface area contributed by atoms with Gasteiger partial charge in [-0.1, -0.05) is 43.3 Å². The topological polar surface area (TPSA) is 44.4 Å². The van der Waals surface area contributed by atoms with Crippen molar-refractivity contribution in [2.45, 2.75) is 52.1 Å². The van der Waals surface area contributed by atoms with Crippen LogP contribution in [-0.4, -0.2) is 29.9 Å². The summed E-state index contributed by atoms with van der Waals surface area (Å²) < 4.78 is 0. The third-order valence-electron chi connectivity index (χ3n) is 5.49. The molecule has 2 aromatic rings. The Kier molecular flexibility index (Phi) is 6.51. The van der Waals surface area contributed by atoms with Crippen LogP contribution in [0.25, 0.3) is 0 Å². The first-order chi connectivity index (χ1) is 13.1. The zero-order valence-electron chi connectivity index (χ0n) is 16.7. The Labute approximate surface area is 163 Å². The number of carbonyl (C=O) groups is 1. The normalized spacial score (nSPS) is 18.3. The Morgan fingerprint density at radius 1 is 1.15 bits per heavy atom. The molecule has 0 aromatic heterocycles. The van der Waals surface area contributed by atoms with Crippen molar-refractivity contribution in [1.29, 1.82) is 0 Å². The summed E-state index contributed by atoms with van der Waals surface area (Å²) in [6.07, 6.45) is 2.55. The molecule has 1 heterocycles. The summed E-state index contributed by atoms with van der Waals surface area (Å²) in [4.78, 5) is 14.5. The van der Waals surface area contributed by atoms with Gasteiger partial charge in [-0.15, -0.1) is 0 Å². The number of benzene rings is 2. The van der Waals surface area contributed by atoms with Gasteiger partial charge in [0.15, 0.2) is 0 Å². The van der Waals surface area contributed by atoms with E-state index in [4.69, 9.17) is 0 Å². The first-order valence-corrected chi connectivity index (χ1v) is 10.0. The number of rotatable bonds is 7. The van der Waals surface area contributed by atoms with Crippen molar-refractivity contribution in [2.75, 3.05) is 23.7 Å². The van der Waals surface area contributed by atoms with Crippen molar-refractivity contribution in [3.8, 4) is 0 Å². The number of hydrogen-bond acceptors (Lipinski definition) is 3. The van der Waals surface area contributed by atoms with Gasteiger partial charge in [-0.2, -0.15) is 0 Å². The molecule has 0 aliphatic carbocycles. The second-order valence-corrected chi connectivity index (χ2v) is 7.49. The van der Waals surface area contributed by atoms with Crippen LogP contribution in [0.4, 0.5) is 11.4 Å². The van der Waals surface area contributed by atoms with Gasteiger partial charge in [0.05, 0.1) is 0 Å². The zero-order chi connectivity index (χ0) is 19.2. The standard InChI is InChI=1S/C23H31N3O/c1-4-9-23(27)25-22-13-8-12-21(17(22)2)24-20-14-15-26(16-20)18(3)19-10-6-5-7-11-19/h5-8,10-13,18,20,24H,4,9,14-16H2,1-3H3,(H,25,27)/t18-,20-/m1/s1. The number of carbonyl (C=O) groups excluding carboxylic acids is 1. The second kappa shape index (κ2) is 9.05. The van der Waals surface area contributed by atoms with Gasteiger partial charge in [0.2, 0.25) is 5.91 Å². The lowest BCUT2D eigenvalue weighted by Gasteiger charge is -2.25. The predicted octanol–water partition coefficient (Wildman–Crippen LogP) is 4.98. The fourth-order valence-electron chi connectivity index (χ4n) is 3.79. The van der Waals surface area contributed by atoms with E-state index < -0.39 is 0 Å². The minimum Gasteiger partial charge on any atom is -0.381 e. The third kappa shape index (κ3) is 4.89. The molecule has 1 saturated heterocycles. The van der Waals surface area contributed by atoms with Gasteiger partial charge in [-0.25, -0.2) is 0 Å². The highest BCUT2D eigenvalue weighted by molar-refractivity contribution is 5.92. The van der Waals surface area contributed by atoms with E-state index in [1.165, 1.54) is 5.56 Å². The molecule has 3 rings (SSSR count). The quantitative estimate of drug-likeness (QED) is 0.727. The van der Waals surface area contributed by atoms with E-state index in [2.05, 4.69) is 65.8 Å². The summed E-state index contributed by atoms with van der Waals surface area (Å²) in [5.74, 6) is 0.0847. The first-order valence-electron chi connectivity index (χ1n) is 10.0. The average Bonchev–Trinajstić information content (AvgIpc) is 3.14. The van der Waals surface area contributed by atoms with Crippen LogP contribution < -0.4 is 10.6 Å². The molecule has 144 valence electrons. The van der Waals surface area contributed by atoms with Crippen LogP contribution in [0.1, 0.15) is 50.3 Å². The number of amides is 1. The summed E-state index contributed by atoms with van der Waals surface area (Å²) in [5.41, 5.74) is 4.50. The van der Waals surface area contributed by atoms with Gasteiger partial charge in [0.1, 0.15) is 0 Å². The van der Waals surface area contributed by atoms with E-state index in [0.717, 1.165) is 42.9 Å². The van der Waals surface area contributed by atoms with Crippen molar-refractivity contribution in [3.05, 3.63) is 59.7 Å². The predicted molar refractivity (Wildman–Crippen MR) is 113 cm³/mol. The van der Waals surface area contributed by atoms with Crippen molar-refractivity contribution in [3.63, 3.8) is 0 Å². The largest absolute Gasteiger partial charge is 0.381 e. The van der Waals surface area contributed by atoms with Gasteiger partial charge < -0.3 is 10.6 Å². The molecule has 1 aliphatic rings. The number of nitrogens with one attached hydrogen (secondary N) is 2. The molecule has 27 heavy (non-hydrogen) atoms. The molecular formula is C23H31N3O. The van der Waals surface area contributed by atoms with Gasteiger partial charge in [-0.3, -0.25) is 9.69 Å². The minimum atomic E-state index is 0.0847. The molecule has 2 N–H and O–H groups in total. The number of hydrogen-bond donors (Lipinski definition) is 2. The maximum absolute atomic E-state index is 11.9. The van der Waals surface area contributed by atoms with Gasteiger partial charge in [-0.05, 0) is 49.9 Å². The number of anilines is 2. The lowest BCUT2D eigenvalue weighted by Crippen LogP contribution is -2.28. The third-order valence-corrected chi connectivity index (χ3v) is 5.49. The van der Waals surface area contributed by atoms with Crippen LogP contribution in [-0.2, 0) is 4.79 Å². The second-order valence-electron chi connectivity index (χ2n) is 7.49. The summed E-state index contributed by atoms with van der Waals surface area (Å²) in [7, 11) is 0. The smallest absolute Gasteiger partial charge is 0.224 e. The van der Waals surface area contributed by atoms with E-state index in [1.54, 1.807) is 0 Å². The molecule has 2 atom stereocenters. The SMILES string of the molecule is CCCC(=O)Nc1cccc(N[C@@H]2CCN([C@H](C)c3ccccc3)C2)c1C. The first kappa shape index (κ1) is 19.4. The zero-order valence-corrected chi connectivity index (χ0v) is 16.7. The Hall–Kier alpha value is -2.33. The molecule has 0 unspecified atom stereocenters. The van der Waals surface area contributed by atoms with E-state index in [9.17, 15) is 4.79 Å². The molecule has 4 heteroatoms. The molecule has 0 saturated carbocycles. The Morgan fingerprint density at radius 2 is 1.89 bits per heavy atom. The monoisotopic (exact) mass is 365 g/mol. The molecule has 1 fully saturated rings. The van der Waals surface area contributed by atoms with Crippen LogP contribution in [0.2, 0.25) is 0 Å². The Morgan fingerprint density at radius 3 is 2.63 bits per heavy atom. The average molecular weight is 366 g/mol. The summed E-state index contributed by atoms with van der Waals surface area (Å²) in [6.45, 7) is 8.50. The molecule has 4 nitrogen and oxygen atoms in total. The molecule has 1 amide bonds. The van der Waals surface area contributed by atoms with Gasteiger partial charge >= 0.3 is 0 Å². The van der Waals surface area contributed by atoms with E-state index >= 15 is 0 Å². The number of nitrogens with zero attached hydrogens (tertiary/aromatic N) is 1. The lowest BCUT2D eigenvalue weighted by atomic mass is 10.1. The van der Waals surface area contributed by atoms with Crippen LogP contribution in [0, 0.1) is 6.92 Å². The maximum Gasteiger partial charge on any atom is 0.224 e. The molecule has 0 spiro atoms. The highest BCUT2D eigenvalue weighted by Gasteiger charge is 2.27. The lowest BCUT2D eigenvalue weighted by molar-refractivity contribution is -0.116. The van der Waals surface area contributed by atoms with Crippen molar-refractivity contribution >= 4 is 17.3 Å². The van der Waals surface area contributed by atoms with Gasteiger partial charge in [0, 0.05) is 43.0 Å². The van der Waals surface area contributed by atoms with Crippen molar-refractivity contribution < 1.29 is 4.79 Å². The van der Waals surface area contributed by atoms with Crippen LogP contribution >= 0.6 is 0 Å². The van der Waals surface area contributed by atoms with Crippen LogP contribution in [0.3, 0.4) is 0 Å². The van der Waals surface area contributed by atoms with E-state index in [1.807, 2.05) is 19.1 Å².